The van der Waals surface area contributed by atoms with Crippen molar-refractivity contribution in [3.05, 3.63) is 35.5 Å². The van der Waals surface area contributed by atoms with Crippen molar-refractivity contribution < 1.29 is 19.0 Å². The fraction of sp³-hybridized carbons (Fsp3) is 0.593. The number of fused-ring (bicyclic) bond motifs is 1. The fourth-order valence-corrected chi connectivity index (χ4v) is 5.21. The zero-order chi connectivity index (χ0) is 26.0. The van der Waals surface area contributed by atoms with Gasteiger partial charge in [-0.3, -0.25) is 4.90 Å². The van der Waals surface area contributed by atoms with E-state index in [9.17, 15) is 4.79 Å². The monoisotopic (exact) mass is 510 g/mol. The van der Waals surface area contributed by atoms with Crippen LogP contribution in [0.3, 0.4) is 0 Å². The van der Waals surface area contributed by atoms with Crippen molar-refractivity contribution in [2.75, 3.05) is 56.2 Å². The molecule has 2 aromatic rings. The summed E-state index contributed by atoms with van der Waals surface area (Å²) in [6.45, 7) is 13.9. The molecule has 3 aliphatic heterocycles. The standard InChI is InChI=1S/C27H38N6O4/c1-5-28-26(34)29-20-8-6-19(7-9-20)24-30-23-15-32(14-21-17-36-27(3,4)37-21)11-10-22(23)25(31-24)33-12-13-35-16-18(33)2/h6-9,18,21H,5,10-17H2,1-4H3,(H2,28,29,34)/t18-,21+/m0/s1. The Labute approximate surface area is 218 Å². The average Bonchev–Trinajstić information content (AvgIpc) is 3.22. The van der Waals surface area contributed by atoms with Gasteiger partial charge in [0.05, 0.1) is 37.7 Å². The molecule has 10 heteroatoms. The summed E-state index contributed by atoms with van der Waals surface area (Å²) in [6.07, 6.45) is 0.947. The van der Waals surface area contributed by atoms with Gasteiger partial charge in [-0.25, -0.2) is 14.8 Å². The lowest BCUT2D eigenvalue weighted by molar-refractivity contribution is -0.140. The number of carbonyl (C=O) groups is 1. The van der Waals surface area contributed by atoms with Gasteiger partial charge in [-0.15, -0.1) is 0 Å². The number of anilines is 2. The van der Waals surface area contributed by atoms with Gasteiger partial charge >= 0.3 is 6.03 Å². The van der Waals surface area contributed by atoms with Crippen LogP contribution in [0.2, 0.25) is 0 Å². The van der Waals surface area contributed by atoms with Crippen LogP contribution in [0.1, 0.15) is 39.0 Å². The molecule has 0 bridgehead atoms. The summed E-state index contributed by atoms with van der Waals surface area (Å²) in [5.74, 6) is 1.19. The van der Waals surface area contributed by atoms with Crippen molar-refractivity contribution >= 4 is 17.5 Å². The summed E-state index contributed by atoms with van der Waals surface area (Å²) >= 11 is 0. The van der Waals surface area contributed by atoms with Crippen LogP contribution in [0, 0.1) is 0 Å². The Bertz CT molecular complexity index is 1110. The number of amides is 2. The Kier molecular flexibility index (Phi) is 7.62. The number of rotatable bonds is 6. The number of benzene rings is 1. The minimum absolute atomic E-state index is 0.0570. The van der Waals surface area contributed by atoms with E-state index >= 15 is 0 Å². The van der Waals surface area contributed by atoms with E-state index in [1.165, 1.54) is 5.56 Å². The van der Waals surface area contributed by atoms with Gasteiger partial charge in [0.2, 0.25) is 0 Å². The number of aromatic nitrogens is 2. The highest BCUT2D eigenvalue weighted by atomic mass is 16.7. The van der Waals surface area contributed by atoms with E-state index in [2.05, 4.69) is 27.4 Å². The fourth-order valence-electron chi connectivity index (χ4n) is 5.21. The molecule has 2 N–H and O–H groups in total. The molecule has 0 saturated carbocycles. The smallest absolute Gasteiger partial charge is 0.319 e. The van der Waals surface area contributed by atoms with Gasteiger partial charge in [0.1, 0.15) is 5.82 Å². The Morgan fingerprint density at radius 1 is 1.16 bits per heavy atom. The normalized spacial score (nSPS) is 23.5. The number of urea groups is 1. The molecule has 0 radical (unpaired) electrons. The van der Waals surface area contributed by atoms with Crippen LogP contribution in [-0.4, -0.2) is 84.8 Å². The molecule has 3 aliphatic rings. The van der Waals surface area contributed by atoms with E-state index < -0.39 is 5.79 Å². The molecule has 37 heavy (non-hydrogen) atoms. The summed E-state index contributed by atoms with van der Waals surface area (Å²) in [5, 5.41) is 5.59. The average molecular weight is 511 g/mol. The summed E-state index contributed by atoms with van der Waals surface area (Å²) in [6, 6.07) is 7.72. The van der Waals surface area contributed by atoms with Gasteiger partial charge < -0.3 is 29.7 Å². The predicted molar refractivity (Wildman–Crippen MR) is 142 cm³/mol. The largest absolute Gasteiger partial charge is 0.377 e. The number of hydrogen-bond acceptors (Lipinski definition) is 8. The molecule has 2 amide bonds. The lowest BCUT2D eigenvalue weighted by Gasteiger charge is -2.38. The molecule has 0 unspecified atom stereocenters. The molecule has 2 saturated heterocycles. The van der Waals surface area contributed by atoms with E-state index in [-0.39, 0.29) is 18.2 Å². The summed E-state index contributed by atoms with van der Waals surface area (Å²) in [5.41, 5.74) is 3.93. The Hall–Kier alpha value is -2.79. The number of hydrogen-bond donors (Lipinski definition) is 2. The second-order valence-electron chi connectivity index (χ2n) is 10.4. The van der Waals surface area contributed by atoms with Gasteiger partial charge in [0.25, 0.3) is 0 Å². The van der Waals surface area contributed by atoms with Gasteiger partial charge in [-0.1, -0.05) is 0 Å². The molecular formula is C27H38N6O4. The number of ether oxygens (including phenoxy) is 3. The molecule has 0 aliphatic carbocycles. The maximum absolute atomic E-state index is 11.9. The molecule has 10 nitrogen and oxygen atoms in total. The second kappa shape index (κ2) is 10.9. The topological polar surface area (TPSA) is 101 Å². The number of nitrogens with one attached hydrogen (secondary N) is 2. The van der Waals surface area contributed by atoms with E-state index in [1.807, 2.05) is 45.0 Å². The van der Waals surface area contributed by atoms with Crippen molar-refractivity contribution in [1.82, 2.24) is 20.2 Å². The predicted octanol–water partition coefficient (Wildman–Crippen LogP) is 3.02. The third kappa shape index (κ3) is 6.04. The molecule has 1 aromatic heterocycles. The second-order valence-corrected chi connectivity index (χ2v) is 10.4. The summed E-state index contributed by atoms with van der Waals surface area (Å²) < 4.78 is 17.5. The third-order valence-corrected chi connectivity index (χ3v) is 7.03. The van der Waals surface area contributed by atoms with E-state index in [1.54, 1.807) is 0 Å². The maximum Gasteiger partial charge on any atom is 0.319 e. The molecular weight excluding hydrogens is 472 g/mol. The molecule has 0 spiro atoms. The van der Waals surface area contributed by atoms with Gasteiger partial charge in [-0.2, -0.15) is 0 Å². The van der Waals surface area contributed by atoms with Gasteiger partial charge in [0.15, 0.2) is 11.6 Å². The summed E-state index contributed by atoms with van der Waals surface area (Å²) in [7, 11) is 0. The van der Waals surface area contributed by atoms with E-state index in [0.717, 1.165) is 55.4 Å². The first kappa shape index (κ1) is 25.8. The van der Waals surface area contributed by atoms with Gasteiger partial charge in [-0.05, 0) is 58.4 Å². The molecule has 2 atom stereocenters. The SMILES string of the molecule is CCNC(=O)Nc1ccc(-c2nc3c(c(N4CCOC[C@@H]4C)n2)CCN(C[C@@H]2COC(C)(C)O2)C3)cc1. The zero-order valence-corrected chi connectivity index (χ0v) is 22.2. The van der Waals surface area contributed by atoms with Crippen molar-refractivity contribution in [2.45, 2.75) is 58.6 Å². The zero-order valence-electron chi connectivity index (χ0n) is 22.2. The highest BCUT2D eigenvalue weighted by Crippen LogP contribution is 2.32. The minimum Gasteiger partial charge on any atom is -0.377 e. The molecule has 1 aromatic carbocycles. The van der Waals surface area contributed by atoms with Crippen molar-refractivity contribution in [1.29, 1.82) is 0 Å². The maximum atomic E-state index is 11.9. The van der Waals surface area contributed by atoms with Crippen LogP contribution in [-0.2, 0) is 27.2 Å². The van der Waals surface area contributed by atoms with Crippen molar-refractivity contribution in [3.63, 3.8) is 0 Å². The molecule has 5 rings (SSSR count). The van der Waals surface area contributed by atoms with E-state index in [4.69, 9.17) is 24.2 Å². The first-order valence-electron chi connectivity index (χ1n) is 13.2. The van der Waals surface area contributed by atoms with Crippen LogP contribution in [0.5, 0.6) is 0 Å². The number of nitrogens with zero attached hydrogens (tertiary/aromatic N) is 4. The number of morpholine rings is 1. The van der Waals surface area contributed by atoms with Crippen LogP contribution in [0.15, 0.2) is 24.3 Å². The molecule has 200 valence electrons. The summed E-state index contributed by atoms with van der Waals surface area (Å²) in [4.78, 5) is 26.8. The Morgan fingerprint density at radius 2 is 1.97 bits per heavy atom. The quantitative estimate of drug-likeness (QED) is 0.612. The third-order valence-electron chi connectivity index (χ3n) is 7.03. The molecule has 2 fully saturated rings. The number of carbonyl (C=O) groups excluding carboxylic acids is 1. The highest BCUT2D eigenvalue weighted by molar-refractivity contribution is 5.89. The molecule has 4 heterocycles. The first-order valence-corrected chi connectivity index (χ1v) is 13.2. The van der Waals surface area contributed by atoms with Crippen molar-refractivity contribution in [3.8, 4) is 11.4 Å². The lowest BCUT2D eigenvalue weighted by Crippen LogP contribution is -2.46. The van der Waals surface area contributed by atoms with Crippen LogP contribution >= 0.6 is 0 Å². The lowest BCUT2D eigenvalue weighted by atomic mass is 10.0. The van der Waals surface area contributed by atoms with Crippen LogP contribution in [0.25, 0.3) is 11.4 Å². The Balaban J connectivity index is 1.42. The minimum atomic E-state index is -0.522. The van der Waals surface area contributed by atoms with Crippen LogP contribution < -0.4 is 15.5 Å². The van der Waals surface area contributed by atoms with E-state index in [0.29, 0.717) is 32.2 Å². The van der Waals surface area contributed by atoms with Gasteiger partial charge in [0, 0.05) is 49.5 Å². The van der Waals surface area contributed by atoms with Crippen LogP contribution in [0.4, 0.5) is 16.3 Å². The highest BCUT2D eigenvalue weighted by Gasteiger charge is 2.35. The first-order chi connectivity index (χ1) is 17.8. The van der Waals surface area contributed by atoms with Crippen molar-refractivity contribution in [2.24, 2.45) is 0 Å². The Morgan fingerprint density at radius 3 is 2.68 bits per heavy atom.